The molecule has 0 aliphatic carbocycles. The van der Waals surface area contributed by atoms with Crippen molar-refractivity contribution >= 4 is 43.1 Å². The van der Waals surface area contributed by atoms with E-state index < -0.39 is 0 Å². The first-order valence-electron chi connectivity index (χ1n) is 8.87. The molecule has 0 aliphatic rings. The number of nitrogens with zero attached hydrogens (tertiary/aromatic N) is 3. The fourth-order valence-electron chi connectivity index (χ4n) is 3.17. The average Bonchev–Trinajstić information content (AvgIpc) is 2.62. The molecule has 2 aromatic carbocycles. The van der Waals surface area contributed by atoms with Gasteiger partial charge in [0.1, 0.15) is 11.0 Å². The molecule has 0 spiro atoms. The van der Waals surface area contributed by atoms with Crippen LogP contribution in [0, 0.1) is 0 Å². The van der Waals surface area contributed by atoms with E-state index in [0.29, 0.717) is 0 Å². The maximum absolute atomic E-state index is 4.86. The van der Waals surface area contributed by atoms with E-state index >= 15 is 0 Å². The van der Waals surface area contributed by atoms with E-state index in [1.54, 1.807) is 0 Å². The Morgan fingerprint density at radius 3 is 1.41 bits per heavy atom. The predicted molar refractivity (Wildman–Crippen MR) is 109 cm³/mol. The second-order valence-corrected chi connectivity index (χ2v) is 6.95. The zero-order chi connectivity index (χ0) is 17.1. The summed E-state index contributed by atoms with van der Waals surface area (Å²) >= 11 is 1.84. The average molecular weight is 477 g/mol. The van der Waals surface area contributed by atoms with Gasteiger partial charge in [0.25, 0.3) is 9.40 Å². The molecule has 0 amide bonds. The first kappa shape index (κ1) is 26.3. The van der Waals surface area contributed by atoms with Gasteiger partial charge in [-0.15, -0.1) is 0 Å². The topological polar surface area (TPSA) is 19.4 Å². The standard InChI is InChI=1S/C20H26N3S.2ClH.Zn/c1-5-22(6-2)15-9-11-17-19(13-15)24-20-14-16(23(7-3)8-4)10-12-18(20)21-17;;;/h9-14H,5-8H2,1-4H3;2*1H;/q+1;;;+1/p-2. The molecule has 3 aromatic rings. The molecule has 3 rings (SSSR count). The number of benzene rings is 2. The van der Waals surface area contributed by atoms with Crippen LogP contribution in [0.2, 0.25) is 0 Å². The number of fused-ring (bicyclic) bond motifs is 2. The monoisotopic (exact) mass is 474 g/mol. The summed E-state index contributed by atoms with van der Waals surface area (Å²) in [4.78, 5) is 9.61. The summed E-state index contributed by atoms with van der Waals surface area (Å²) in [5.74, 6) is 0. The van der Waals surface area contributed by atoms with Crippen LogP contribution in [0.25, 0.3) is 20.4 Å². The predicted octanol–water partition coefficient (Wildman–Crippen LogP) is -0.571. The fourth-order valence-corrected chi connectivity index (χ4v) is 4.21. The number of hydrogen-bond donors (Lipinski definition) is 0. The van der Waals surface area contributed by atoms with Gasteiger partial charge in [0.2, 0.25) is 11.3 Å². The summed E-state index contributed by atoms with van der Waals surface area (Å²) < 4.78 is 2.51. The summed E-state index contributed by atoms with van der Waals surface area (Å²) in [5, 5.41) is 0. The third-order valence-corrected chi connectivity index (χ3v) is 5.70. The van der Waals surface area contributed by atoms with Gasteiger partial charge in [0, 0.05) is 49.7 Å². The van der Waals surface area contributed by atoms with Gasteiger partial charge in [0.15, 0.2) is 0 Å². The van der Waals surface area contributed by atoms with Gasteiger partial charge in [0.05, 0.1) is 0 Å². The Morgan fingerprint density at radius 2 is 1.07 bits per heavy atom. The molecule has 1 radical (unpaired) electrons. The van der Waals surface area contributed by atoms with Crippen LogP contribution in [0.3, 0.4) is 0 Å². The molecule has 1 aromatic heterocycles. The maximum atomic E-state index is 4.86. The largest absolute Gasteiger partial charge is 1.00 e. The van der Waals surface area contributed by atoms with E-state index in [9.17, 15) is 0 Å². The minimum atomic E-state index is 0. The van der Waals surface area contributed by atoms with Crippen molar-refractivity contribution in [2.24, 2.45) is 0 Å². The number of halogens is 2. The smallest absolute Gasteiger partial charge is 1.00 e. The molecule has 0 fully saturated rings. The van der Waals surface area contributed by atoms with Gasteiger partial charge in [-0.2, -0.15) is 0 Å². The fraction of sp³-hybridized carbons (Fsp3) is 0.400. The molecular formula is C20H26Cl2N3SZn. The van der Waals surface area contributed by atoms with E-state index in [1.807, 2.05) is 11.3 Å². The van der Waals surface area contributed by atoms with Gasteiger partial charge in [-0.1, -0.05) is 0 Å². The van der Waals surface area contributed by atoms with E-state index in [-0.39, 0.29) is 44.3 Å². The Bertz CT molecular complexity index is 788. The molecule has 0 saturated heterocycles. The van der Waals surface area contributed by atoms with Crippen LogP contribution in [-0.2, 0) is 19.5 Å². The quantitative estimate of drug-likeness (QED) is 0.270. The van der Waals surface area contributed by atoms with Crippen molar-refractivity contribution in [3.8, 4) is 0 Å². The van der Waals surface area contributed by atoms with Crippen LogP contribution in [-0.4, -0.2) is 31.2 Å². The number of aromatic nitrogens is 1. The Labute approximate surface area is 191 Å². The van der Waals surface area contributed by atoms with Gasteiger partial charge < -0.3 is 34.6 Å². The third-order valence-electron chi connectivity index (χ3n) is 4.60. The molecule has 0 bridgehead atoms. The van der Waals surface area contributed by atoms with Crippen molar-refractivity contribution in [2.75, 3.05) is 36.0 Å². The molecule has 27 heavy (non-hydrogen) atoms. The zero-order valence-electron chi connectivity index (χ0n) is 16.5. The van der Waals surface area contributed by atoms with Gasteiger partial charge in [-0.3, -0.25) is 0 Å². The van der Waals surface area contributed by atoms with Crippen molar-refractivity contribution in [1.29, 1.82) is 0 Å². The maximum Gasteiger partial charge on any atom is 1.00 e. The minimum absolute atomic E-state index is 0. The molecule has 7 heteroatoms. The van der Waals surface area contributed by atoms with E-state index in [2.05, 4.69) is 73.9 Å². The molecule has 3 nitrogen and oxygen atoms in total. The van der Waals surface area contributed by atoms with E-state index in [4.69, 9.17) is 4.98 Å². The van der Waals surface area contributed by atoms with Crippen molar-refractivity contribution in [2.45, 2.75) is 27.7 Å². The Balaban J connectivity index is 0.00000225. The molecule has 0 N–H and O–H groups in total. The van der Waals surface area contributed by atoms with Gasteiger partial charge in [-0.05, 0) is 52.0 Å². The summed E-state index contributed by atoms with van der Waals surface area (Å²) in [6.07, 6.45) is 0. The van der Waals surface area contributed by atoms with Crippen molar-refractivity contribution in [1.82, 2.24) is 4.98 Å². The molecule has 1 heterocycles. The SMILES string of the molecule is CCN(CC)c1ccc2nc3ccc(N(CC)CC)cc3[s+]c2c1.[Cl-].[Cl-].[Zn+]. The molecule has 0 atom stereocenters. The zero-order valence-corrected chi connectivity index (χ0v) is 21.8. The van der Waals surface area contributed by atoms with Crippen molar-refractivity contribution in [3.05, 3.63) is 36.4 Å². The number of hydrogen-bond acceptors (Lipinski definition) is 3. The normalized spacial score (nSPS) is 9.93. The summed E-state index contributed by atoms with van der Waals surface area (Å²) in [6.45, 7) is 12.9. The second-order valence-electron chi connectivity index (χ2n) is 5.86. The Kier molecular flexibility index (Phi) is 11.6. The van der Waals surface area contributed by atoms with Gasteiger partial charge in [-0.25, -0.2) is 4.98 Å². The van der Waals surface area contributed by atoms with Gasteiger partial charge >= 0.3 is 19.5 Å². The summed E-state index contributed by atoms with van der Waals surface area (Å²) in [5.41, 5.74) is 4.73. The first-order valence-corrected chi connectivity index (χ1v) is 9.69. The van der Waals surface area contributed by atoms with Crippen LogP contribution in [0.1, 0.15) is 27.7 Å². The van der Waals surface area contributed by atoms with Crippen LogP contribution in [0.15, 0.2) is 36.4 Å². The van der Waals surface area contributed by atoms with Crippen LogP contribution >= 0.6 is 11.3 Å². The third kappa shape index (κ3) is 5.63. The summed E-state index contributed by atoms with van der Waals surface area (Å²) in [7, 11) is 0. The molecular weight excluding hydrogens is 451 g/mol. The second kappa shape index (κ2) is 12.0. The Hall–Kier alpha value is -0.737. The van der Waals surface area contributed by atoms with Crippen LogP contribution in [0.4, 0.5) is 11.4 Å². The summed E-state index contributed by atoms with van der Waals surface area (Å²) in [6, 6.07) is 13.2. The van der Waals surface area contributed by atoms with E-state index in [0.717, 1.165) is 37.2 Å². The molecule has 0 unspecified atom stereocenters. The number of anilines is 2. The molecule has 143 valence electrons. The minimum Gasteiger partial charge on any atom is -1.00 e. The molecule has 0 saturated carbocycles. The van der Waals surface area contributed by atoms with Crippen LogP contribution < -0.4 is 34.6 Å². The van der Waals surface area contributed by atoms with Crippen molar-refractivity contribution < 1.29 is 44.3 Å². The molecule has 0 aliphatic heterocycles. The van der Waals surface area contributed by atoms with Crippen molar-refractivity contribution in [3.63, 3.8) is 0 Å². The first-order chi connectivity index (χ1) is 11.7. The number of rotatable bonds is 6. The Morgan fingerprint density at radius 1 is 0.704 bits per heavy atom. The van der Waals surface area contributed by atoms with Crippen LogP contribution in [0.5, 0.6) is 0 Å². The van der Waals surface area contributed by atoms with E-state index in [1.165, 1.54) is 20.8 Å².